The van der Waals surface area contributed by atoms with Gasteiger partial charge >= 0.3 is 5.97 Å². The lowest BCUT2D eigenvalue weighted by Gasteiger charge is -2.22. The highest BCUT2D eigenvalue weighted by atomic mass is 16.5. The van der Waals surface area contributed by atoms with E-state index >= 15 is 0 Å². The monoisotopic (exact) mass is 267 g/mol. The van der Waals surface area contributed by atoms with Crippen LogP contribution in [0.1, 0.15) is 25.3 Å². The Balaban J connectivity index is 1.81. The number of nitrogens with zero attached hydrogens (tertiary/aromatic N) is 2. The molecule has 7 heteroatoms. The van der Waals surface area contributed by atoms with Crippen molar-refractivity contribution in [3.05, 3.63) is 18.7 Å². The molecule has 0 aromatic carbocycles. The molecule has 104 valence electrons. The first-order valence-corrected chi connectivity index (χ1v) is 6.23. The SMILES string of the molecule is O=C(O)COCC(=O)NC1CCCC1n1ccnc1. The highest BCUT2D eigenvalue weighted by molar-refractivity contribution is 5.78. The van der Waals surface area contributed by atoms with Crippen molar-refractivity contribution in [2.24, 2.45) is 0 Å². The fourth-order valence-corrected chi connectivity index (χ4v) is 2.41. The Morgan fingerprint density at radius 1 is 1.42 bits per heavy atom. The fraction of sp³-hybridized carbons (Fsp3) is 0.583. The zero-order chi connectivity index (χ0) is 13.7. The Morgan fingerprint density at radius 2 is 2.26 bits per heavy atom. The van der Waals surface area contributed by atoms with Gasteiger partial charge < -0.3 is 19.7 Å². The minimum Gasteiger partial charge on any atom is -0.480 e. The Labute approximate surface area is 110 Å². The van der Waals surface area contributed by atoms with Gasteiger partial charge in [0.05, 0.1) is 12.4 Å². The molecule has 1 aromatic rings. The van der Waals surface area contributed by atoms with E-state index in [1.807, 2.05) is 10.8 Å². The predicted octanol–water partition coefficient (Wildman–Crippen LogP) is 0.194. The van der Waals surface area contributed by atoms with Crippen LogP contribution >= 0.6 is 0 Å². The molecule has 2 rings (SSSR count). The van der Waals surface area contributed by atoms with Crippen molar-refractivity contribution in [1.29, 1.82) is 0 Å². The average Bonchev–Trinajstić information content (AvgIpc) is 2.97. The highest BCUT2D eigenvalue weighted by Crippen LogP contribution is 2.29. The van der Waals surface area contributed by atoms with Gasteiger partial charge in [-0.2, -0.15) is 0 Å². The zero-order valence-electron chi connectivity index (χ0n) is 10.5. The van der Waals surface area contributed by atoms with E-state index in [0.717, 1.165) is 19.3 Å². The number of hydrogen-bond acceptors (Lipinski definition) is 4. The maximum absolute atomic E-state index is 11.6. The van der Waals surface area contributed by atoms with Crippen molar-refractivity contribution < 1.29 is 19.4 Å². The number of carboxylic acid groups (broad SMARTS) is 1. The molecule has 19 heavy (non-hydrogen) atoms. The molecule has 1 aliphatic rings. The Kier molecular flexibility index (Phi) is 4.51. The molecule has 2 atom stereocenters. The van der Waals surface area contributed by atoms with E-state index < -0.39 is 12.6 Å². The second kappa shape index (κ2) is 6.33. The van der Waals surface area contributed by atoms with Crippen molar-refractivity contribution in [2.45, 2.75) is 31.3 Å². The summed E-state index contributed by atoms with van der Waals surface area (Å²) in [5.41, 5.74) is 0. The van der Waals surface area contributed by atoms with Crippen LogP contribution in [0.15, 0.2) is 18.7 Å². The number of carboxylic acids is 1. The molecule has 1 heterocycles. The second-order valence-electron chi connectivity index (χ2n) is 4.57. The molecule has 7 nitrogen and oxygen atoms in total. The van der Waals surface area contributed by atoms with Crippen molar-refractivity contribution in [2.75, 3.05) is 13.2 Å². The van der Waals surface area contributed by atoms with Gasteiger partial charge in [0.15, 0.2) is 0 Å². The lowest BCUT2D eigenvalue weighted by atomic mass is 10.1. The molecule has 1 fully saturated rings. The number of carbonyl (C=O) groups is 2. The normalized spacial score (nSPS) is 22.3. The van der Waals surface area contributed by atoms with Gasteiger partial charge in [0, 0.05) is 18.4 Å². The number of imidazole rings is 1. The minimum absolute atomic E-state index is 0.0510. The summed E-state index contributed by atoms with van der Waals surface area (Å²) in [6.45, 7) is -0.678. The lowest BCUT2D eigenvalue weighted by molar-refractivity contribution is -0.143. The van der Waals surface area contributed by atoms with Crippen molar-refractivity contribution >= 4 is 11.9 Å². The summed E-state index contributed by atoms with van der Waals surface area (Å²) in [4.78, 5) is 25.9. The quantitative estimate of drug-likeness (QED) is 0.767. The van der Waals surface area contributed by atoms with E-state index in [1.54, 1.807) is 12.5 Å². The number of hydrogen-bond donors (Lipinski definition) is 2. The average molecular weight is 267 g/mol. The lowest BCUT2D eigenvalue weighted by Crippen LogP contribution is -2.40. The Bertz CT molecular complexity index is 432. The number of amides is 1. The minimum atomic E-state index is -1.08. The maximum Gasteiger partial charge on any atom is 0.329 e. The van der Waals surface area contributed by atoms with Gasteiger partial charge in [0.1, 0.15) is 13.2 Å². The van der Waals surface area contributed by atoms with Crippen LogP contribution in [0.3, 0.4) is 0 Å². The molecule has 2 N–H and O–H groups in total. The number of carbonyl (C=O) groups excluding carboxylic acids is 1. The van der Waals surface area contributed by atoms with E-state index in [2.05, 4.69) is 10.3 Å². The van der Waals surface area contributed by atoms with E-state index in [-0.39, 0.29) is 24.6 Å². The van der Waals surface area contributed by atoms with Gasteiger partial charge in [0.25, 0.3) is 0 Å². The Morgan fingerprint density at radius 3 is 2.95 bits per heavy atom. The second-order valence-corrected chi connectivity index (χ2v) is 4.57. The van der Waals surface area contributed by atoms with Crippen LogP contribution in [0, 0.1) is 0 Å². The number of aliphatic carboxylic acids is 1. The number of ether oxygens (including phenoxy) is 1. The van der Waals surface area contributed by atoms with Crippen LogP contribution in [0.2, 0.25) is 0 Å². The summed E-state index contributed by atoms with van der Waals surface area (Å²) < 4.78 is 6.76. The van der Waals surface area contributed by atoms with Gasteiger partial charge in [-0.15, -0.1) is 0 Å². The number of aromatic nitrogens is 2. The third kappa shape index (κ3) is 3.78. The third-order valence-electron chi connectivity index (χ3n) is 3.19. The van der Waals surface area contributed by atoms with E-state index in [1.165, 1.54) is 0 Å². The summed E-state index contributed by atoms with van der Waals surface area (Å²) in [5, 5.41) is 11.3. The fourth-order valence-electron chi connectivity index (χ4n) is 2.41. The zero-order valence-corrected chi connectivity index (χ0v) is 10.5. The van der Waals surface area contributed by atoms with E-state index in [4.69, 9.17) is 9.84 Å². The first-order valence-electron chi connectivity index (χ1n) is 6.23. The smallest absolute Gasteiger partial charge is 0.329 e. The molecule has 0 spiro atoms. The van der Waals surface area contributed by atoms with Gasteiger partial charge in [-0.1, -0.05) is 0 Å². The number of nitrogens with one attached hydrogen (secondary N) is 1. The summed E-state index contributed by atoms with van der Waals surface area (Å²) in [5.74, 6) is -1.36. The molecule has 0 aliphatic heterocycles. The molecule has 0 radical (unpaired) electrons. The van der Waals surface area contributed by atoms with E-state index in [9.17, 15) is 9.59 Å². The summed E-state index contributed by atoms with van der Waals surface area (Å²) >= 11 is 0. The highest BCUT2D eigenvalue weighted by Gasteiger charge is 2.29. The standard InChI is InChI=1S/C12H17N3O4/c16-11(6-19-7-12(17)18)14-9-2-1-3-10(9)15-5-4-13-8-15/h4-5,8-10H,1-3,6-7H2,(H,14,16)(H,17,18). The van der Waals surface area contributed by atoms with Crippen LogP contribution < -0.4 is 5.32 Å². The molecule has 1 aromatic heterocycles. The Hall–Kier alpha value is -1.89. The first-order chi connectivity index (χ1) is 9.16. The third-order valence-corrected chi connectivity index (χ3v) is 3.19. The molecule has 0 bridgehead atoms. The van der Waals surface area contributed by atoms with Crippen LogP contribution in [0.25, 0.3) is 0 Å². The van der Waals surface area contributed by atoms with Crippen molar-refractivity contribution in [3.8, 4) is 0 Å². The van der Waals surface area contributed by atoms with Gasteiger partial charge in [-0.05, 0) is 19.3 Å². The molecule has 2 unspecified atom stereocenters. The first kappa shape index (κ1) is 13.5. The van der Waals surface area contributed by atoms with Gasteiger partial charge in [0.2, 0.25) is 5.91 Å². The van der Waals surface area contributed by atoms with Crippen molar-refractivity contribution in [3.63, 3.8) is 0 Å². The maximum atomic E-state index is 11.6. The van der Waals surface area contributed by atoms with Crippen molar-refractivity contribution in [1.82, 2.24) is 14.9 Å². The molecule has 1 amide bonds. The molecular formula is C12H17N3O4. The summed E-state index contributed by atoms with van der Waals surface area (Å²) in [7, 11) is 0. The molecule has 1 aliphatic carbocycles. The van der Waals surface area contributed by atoms with Gasteiger partial charge in [-0.3, -0.25) is 4.79 Å². The summed E-state index contributed by atoms with van der Waals surface area (Å²) in [6.07, 6.45) is 8.30. The topological polar surface area (TPSA) is 93.5 Å². The molecule has 1 saturated carbocycles. The molecular weight excluding hydrogens is 250 g/mol. The summed E-state index contributed by atoms with van der Waals surface area (Å²) in [6, 6.07) is 0.265. The van der Waals surface area contributed by atoms with Crippen LogP contribution in [0.5, 0.6) is 0 Å². The van der Waals surface area contributed by atoms with Crippen LogP contribution in [-0.4, -0.2) is 45.8 Å². The van der Waals surface area contributed by atoms with E-state index in [0.29, 0.717) is 0 Å². The largest absolute Gasteiger partial charge is 0.480 e. The predicted molar refractivity (Wildman–Crippen MR) is 65.5 cm³/mol. The van der Waals surface area contributed by atoms with Gasteiger partial charge in [-0.25, -0.2) is 9.78 Å². The van der Waals surface area contributed by atoms with Crippen LogP contribution in [-0.2, 0) is 14.3 Å². The molecule has 0 saturated heterocycles. The number of rotatable bonds is 6. The van der Waals surface area contributed by atoms with Crippen LogP contribution in [0.4, 0.5) is 0 Å².